The number of aryl methyl sites for hydroxylation is 1. The number of hydrogen-bond donors (Lipinski definition) is 1. The Hall–Kier alpha value is -2.83. The number of carbonyl (C=O) groups is 1. The standard InChI is InChI=1S/C20H16ClN3O2S/c1-12-18(19(25)22-16-6-4-3-5-15(16)21)27-20-23-17(11-24(12)20)13-7-9-14(26-2)10-8-13/h3-11H,1-2H3,(H,22,25). The molecule has 5 nitrogen and oxygen atoms in total. The molecule has 136 valence electrons. The summed E-state index contributed by atoms with van der Waals surface area (Å²) >= 11 is 7.48. The molecule has 1 N–H and O–H groups in total. The van der Waals surface area contributed by atoms with Crippen molar-refractivity contribution in [3.63, 3.8) is 0 Å². The molecule has 0 aliphatic heterocycles. The minimum Gasteiger partial charge on any atom is -0.497 e. The second-order valence-corrected chi connectivity index (χ2v) is 7.34. The maximum Gasteiger partial charge on any atom is 0.267 e. The third kappa shape index (κ3) is 3.29. The van der Waals surface area contributed by atoms with Gasteiger partial charge in [0.25, 0.3) is 5.91 Å². The van der Waals surface area contributed by atoms with Gasteiger partial charge in [-0.3, -0.25) is 9.20 Å². The van der Waals surface area contributed by atoms with Gasteiger partial charge in [0, 0.05) is 17.5 Å². The molecule has 0 radical (unpaired) electrons. The number of aromatic nitrogens is 2. The fraction of sp³-hybridized carbons (Fsp3) is 0.100. The Bertz CT molecular complexity index is 1130. The summed E-state index contributed by atoms with van der Waals surface area (Å²) in [7, 11) is 1.64. The van der Waals surface area contributed by atoms with Gasteiger partial charge in [0.15, 0.2) is 4.96 Å². The van der Waals surface area contributed by atoms with Gasteiger partial charge in [-0.15, -0.1) is 0 Å². The van der Waals surface area contributed by atoms with E-state index in [0.29, 0.717) is 15.6 Å². The van der Waals surface area contributed by atoms with Crippen LogP contribution in [-0.4, -0.2) is 22.4 Å². The zero-order chi connectivity index (χ0) is 19.0. The molecule has 2 aromatic heterocycles. The van der Waals surface area contributed by atoms with Gasteiger partial charge in [-0.25, -0.2) is 4.98 Å². The highest BCUT2D eigenvalue weighted by atomic mass is 35.5. The second kappa shape index (κ2) is 7.06. The molecule has 1 amide bonds. The average Bonchev–Trinajstić information content (AvgIpc) is 3.23. The van der Waals surface area contributed by atoms with Crippen LogP contribution in [0.4, 0.5) is 5.69 Å². The topological polar surface area (TPSA) is 55.6 Å². The van der Waals surface area contributed by atoms with Crippen molar-refractivity contribution in [3.8, 4) is 17.0 Å². The Kier molecular flexibility index (Phi) is 4.59. The summed E-state index contributed by atoms with van der Waals surface area (Å²) in [4.78, 5) is 18.7. The number of imidazole rings is 1. The Labute approximate surface area is 165 Å². The number of rotatable bonds is 4. The monoisotopic (exact) mass is 397 g/mol. The molecule has 2 heterocycles. The van der Waals surface area contributed by atoms with Crippen LogP contribution in [0.2, 0.25) is 5.02 Å². The van der Waals surface area contributed by atoms with E-state index < -0.39 is 0 Å². The van der Waals surface area contributed by atoms with Gasteiger partial charge in [0.2, 0.25) is 0 Å². The highest BCUT2D eigenvalue weighted by molar-refractivity contribution is 7.19. The lowest BCUT2D eigenvalue weighted by Crippen LogP contribution is -2.12. The van der Waals surface area contributed by atoms with Crippen LogP contribution in [-0.2, 0) is 0 Å². The summed E-state index contributed by atoms with van der Waals surface area (Å²) in [6.45, 7) is 1.91. The number of nitrogens with zero attached hydrogens (tertiary/aromatic N) is 2. The minimum absolute atomic E-state index is 0.193. The number of thiazole rings is 1. The molecule has 0 unspecified atom stereocenters. The highest BCUT2D eigenvalue weighted by Crippen LogP contribution is 2.29. The number of fused-ring (bicyclic) bond motifs is 1. The number of ether oxygens (including phenoxy) is 1. The van der Waals surface area contributed by atoms with Crippen LogP contribution >= 0.6 is 22.9 Å². The molecule has 7 heteroatoms. The number of methoxy groups -OCH3 is 1. The summed E-state index contributed by atoms with van der Waals surface area (Å²) < 4.78 is 7.13. The fourth-order valence-corrected chi connectivity index (χ4v) is 3.99. The van der Waals surface area contributed by atoms with E-state index in [9.17, 15) is 4.79 Å². The molecule has 27 heavy (non-hydrogen) atoms. The van der Waals surface area contributed by atoms with Gasteiger partial charge >= 0.3 is 0 Å². The summed E-state index contributed by atoms with van der Waals surface area (Å²) in [6, 6.07) is 14.9. The van der Waals surface area contributed by atoms with E-state index in [2.05, 4.69) is 10.3 Å². The maximum absolute atomic E-state index is 12.7. The van der Waals surface area contributed by atoms with E-state index in [0.717, 1.165) is 27.7 Å². The van der Waals surface area contributed by atoms with E-state index in [4.69, 9.17) is 16.3 Å². The summed E-state index contributed by atoms with van der Waals surface area (Å²) in [5.74, 6) is 0.608. The second-order valence-electron chi connectivity index (χ2n) is 5.96. The van der Waals surface area contributed by atoms with E-state index in [1.165, 1.54) is 11.3 Å². The number of anilines is 1. The molecule has 0 spiro atoms. The van der Waals surface area contributed by atoms with E-state index in [-0.39, 0.29) is 5.91 Å². The van der Waals surface area contributed by atoms with Crippen molar-refractivity contribution in [2.45, 2.75) is 6.92 Å². The van der Waals surface area contributed by atoms with Crippen molar-refractivity contribution in [1.82, 2.24) is 9.38 Å². The largest absolute Gasteiger partial charge is 0.497 e. The van der Waals surface area contributed by atoms with Crippen molar-refractivity contribution in [1.29, 1.82) is 0 Å². The third-order valence-electron chi connectivity index (χ3n) is 4.27. The number of nitrogens with one attached hydrogen (secondary N) is 1. The van der Waals surface area contributed by atoms with Crippen LogP contribution in [0.15, 0.2) is 54.7 Å². The molecular formula is C20H16ClN3O2S. The van der Waals surface area contributed by atoms with Crippen LogP contribution in [0.1, 0.15) is 15.4 Å². The maximum atomic E-state index is 12.7. The van der Waals surface area contributed by atoms with Gasteiger partial charge in [-0.05, 0) is 43.3 Å². The Balaban J connectivity index is 1.64. The molecule has 4 aromatic rings. The normalized spacial score (nSPS) is 10.9. The predicted octanol–water partition coefficient (Wildman–Crippen LogP) is 5.29. The zero-order valence-corrected chi connectivity index (χ0v) is 16.3. The van der Waals surface area contributed by atoms with Crippen LogP contribution in [0.5, 0.6) is 5.75 Å². The Morgan fingerprint density at radius 3 is 2.59 bits per heavy atom. The lowest BCUT2D eigenvalue weighted by Gasteiger charge is -2.06. The number of para-hydroxylation sites is 1. The zero-order valence-electron chi connectivity index (χ0n) is 14.7. The molecule has 0 saturated heterocycles. The SMILES string of the molecule is COc1ccc(-c2cn3c(C)c(C(=O)Nc4ccccc4Cl)sc3n2)cc1. The molecule has 2 aromatic carbocycles. The average molecular weight is 398 g/mol. The third-order valence-corrected chi connectivity index (χ3v) is 5.76. The molecule has 0 atom stereocenters. The van der Waals surface area contributed by atoms with Crippen molar-refractivity contribution in [2.75, 3.05) is 12.4 Å². The Morgan fingerprint density at radius 1 is 1.19 bits per heavy atom. The summed E-state index contributed by atoms with van der Waals surface area (Å²) in [6.07, 6.45) is 1.94. The number of hydrogen-bond acceptors (Lipinski definition) is 4. The number of halogens is 1. The highest BCUT2D eigenvalue weighted by Gasteiger charge is 2.19. The quantitative estimate of drug-likeness (QED) is 0.509. The lowest BCUT2D eigenvalue weighted by atomic mass is 10.2. The molecule has 4 rings (SSSR count). The van der Waals surface area contributed by atoms with Gasteiger partial charge in [0.1, 0.15) is 10.6 Å². The number of benzene rings is 2. The number of amides is 1. The van der Waals surface area contributed by atoms with Gasteiger partial charge in [0.05, 0.1) is 23.5 Å². The summed E-state index contributed by atoms with van der Waals surface area (Å²) in [5, 5.41) is 3.37. The number of carbonyl (C=O) groups excluding carboxylic acids is 1. The molecule has 0 aliphatic rings. The molecule has 0 saturated carbocycles. The first-order valence-corrected chi connectivity index (χ1v) is 9.45. The van der Waals surface area contributed by atoms with Crippen LogP contribution in [0.25, 0.3) is 16.2 Å². The van der Waals surface area contributed by atoms with E-state index in [1.807, 2.05) is 53.9 Å². The van der Waals surface area contributed by atoms with Crippen LogP contribution < -0.4 is 10.1 Å². The molecule has 0 bridgehead atoms. The molecular weight excluding hydrogens is 382 g/mol. The molecule has 0 fully saturated rings. The summed E-state index contributed by atoms with van der Waals surface area (Å²) in [5.41, 5.74) is 3.28. The van der Waals surface area contributed by atoms with E-state index >= 15 is 0 Å². The first-order valence-electron chi connectivity index (χ1n) is 8.25. The predicted molar refractivity (Wildman–Crippen MR) is 109 cm³/mol. The van der Waals surface area contributed by atoms with Crippen molar-refractivity contribution < 1.29 is 9.53 Å². The van der Waals surface area contributed by atoms with Crippen molar-refractivity contribution in [3.05, 3.63) is 70.3 Å². The lowest BCUT2D eigenvalue weighted by molar-refractivity contribution is 0.102. The van der Waals surface area contributed by atoms with E-state index in [1.54, 1.807) is 19.2 Å². The fourth-order valence-electron chi connectivity index (χ4n) is 2.80. The Morgan fingerprint density at radius 2 is 1.93 bits per heavy atom. The first kappa shape index (κ1) is 17.6. The van der Waals surface area contributed by atoms with Gasteiger partial charge < -0.3 is 10.1 Å². The van der Waals surface area contributed by atoms with Crippen molar-refractivity contribution >= 4 is 39.5 Å². The smallest absolute Gasteiger partial charge is 0.267 e. The van der Waals surface area contributed by atoms with Crippen molar-refractivity contribution in [2.24, 2.45) is 0 Å². The van der Waals surface area contributed by atoms with Gasteiger partial charge in [-0.1, -0.05) is 35.1 Å². The van der Waals surface area contributed by atoms with Crippen LogP contribution in [0.3, 0.4) is 0 Å². The van der Waals surface area contributed by atoms with Gasteiger partial charge in [-0.2, -0.15) is 0 Å². The minimum atomic E-state index is -0.193. The van der Waals surface area contributed by atoms with Crippen LogP contribution in [0, 0.1) is 6.92 Å². The molecule has 0 aliphatic carbocycles. The first-order chi connectivity index (χ1) is 13.1.